The minimum absolute atomic E-state index is 0.131. The third kappa shape index (κ3) is 4.58. The number of nitrogens with two attached hydrogens (primary N) is 1. The molecule has 6 heteroatoms. The van der Waals surface area contributed by atoms with E-state index in [1.807, 2.05) is 18.2 Å². The maximum absolute atomic E-state index is 11.8. The summed E-state index contributed by atoms with van der Waals surface area (Å²) >= 11 is 6.03. The van der Waals surface area contributed by atoms with Gasteiger partial charge in [-0.2, -0.15) is 0 Å². The van der Waals surface area contributed by atoms with Crippen LogP contribution in [0.3, 0.4) is 0 Å². The fourth-order valence-corrected chi connectivity index (χ4v) is 2.11. The van der Waals surface area contributed by atoms with Gasteiger partial charge in [-0.25, -0.2) is 0 Å². The number of carbonyl (C=O) groups is 2. The average Bonchev–Trinajstić information content (AvgIpc) is 2.49. The Bertz CT molecular complexity index is 689. The Morgan fingerprint density at radius 3 is 2.59 bits per heavy atom. The molecule has 0 spiro atoms. The smallest absolute Gasteiger partial charge is 0.248 e. The van der Waals surface area contributed by atoms with Crippen molar-refractivity contribution in [2.45, 2.75) is 6.54 Å². The van der Waals surface area contributed by atoms with E-state index in [2.05, 4.69) is 10.6 Å². The molecule has 0 aliphatic carbocycles. The molecule has 0 unspecified atom stereocenters. The molecule has 5 nitrogen and oxygen atoms in total. The van der Waals surface area contributed by atoms with Crippen LogP contribution in [0.4, 0.5) is 5.69 Å². The van der Waals surface area contributed by atoms with Crippen molar-refractivity contribution >= 4 is 29.1 Å². The molecule has 2 aromatic rings. The number of hydrogen-bond acceptors (Lipinski definition) is 3. The van der Waals surface area contributed by atoms with E-state index in [-0.39, 0.29) is 12.5 Å². The summed E-state index contributed by atoms with van der Waals surface area (Å²) in [7, 11) is 0. The monoisotopic (exact) mass is 317 g/mol. The Balaban J connectivity index is 1.84. The lowest BCUT2D eigenvalue weighted by atomic mass is 10.2. The van der Waals surface area contributed by atoms with Crippen LogP contribution in [0.1, 0.15) is 15.9 Å². The van der Waals surface area contributed by atoms with Crippen molar-refractivity contribution in [3.8, 4) is 0 Å². The van der Waals surface area contributed by atoms with Crippen molar-refractivity contribution in [2.24, 2.45) is 5.73 Å². The summed E-state index contributed by atoms with van der Waals surface area (Å²) in [6.45, 7) is 0.625. The normalized spacial score (nSPS) is 10.2. The number of benzene rings is 2. The topological polar surface area (TPSA) is 84.2 Å². The van der Waals surface area contributed by atoms with Crippen LogP contribution in [0, 0.1) is 0 Å². The van der Waals surface area contributed by atoms with Gasteiger partial charge in [-0.3, -0.25) is 9.59 Å². The molecule has 114 valence electrons. The van der Waals surface area contributed by atoms with E-state index in [1.54, 1.807) is 24.3 Å². The molecule has 4 N–H and O–H groups in total. The molecule has 0 fully saturated rings. The third-order valence-electron chi connectivity index (χ3n) is 2.99. The lowest BCUT2D eigenvalue weighted by Gasteiger charge is -2.08. The van der Waals surface area contributed by atoms with Gasteiger partial charge >= 0.3 is 0 Å². The summed E-state index contributed by atoms with van der Waals surface area (Å²) in [5.74, 6) is -0.749. The second-order valence-corrected chi connectivity index (χ2v) is 5.10. The Morgan fingerprint density at radius 1 is 1.09 bits per heavy atom. The average molecular weight is 318 g/mol. The molecular formula is C16H16ClN3O2. The predicted molar refractivity (Wildman–Crippen MR) is 86.7 cm³/mol. The standard InChI is InChI=1S/C16H16ClN3O2/c17-14-7-2-1-4-12(14)9-19-10-15(21)20-13-6-3-5-11(8-13)16(18)22/h1-8,19H,9-10H2,(H2,18,22)(H,20,21). The van der Waals surface area contributed by atoms with Crippen LogP contribution in [-0.2, 0) is 11.3 Å². The van der Waals surface area contributed by atoms with E-state index < -0.39 is 5.91 Å². The molecule has 0 atom stereocenters. The van der Waals surface area contributed by atoms with Gasteiger partial charge < -0.3 is 16.4 Å². The van der Waals surface area contributed by atoms with E-state index in [0.717, 1.165) is 5.56 Å². The van der Waals surface area contributed by atoms with E-state index in [4.69, 9.17) is 17.3 Å². The second kappa shape index (κ2) is 7.59. The highest BCUT2D eigenvalue weighted by atomic mass is 35.5. The number of primary amides is 1. The highest BCUT2D eigenvalue weighted by Crippen LogP contribution is 2.14. The SMILES string of the molecule is NC(=O)c1cccc(NC(=O)CNCc2ccccc2Cl)c1. The Morgan fingerprint density at radius 2 is 1.86 bits per heavy atom. The molecule has 0 bridgehead atoms. The fraction of sp³-hybridized carbons (Fsp3) is 0.125. The highest BCUT2D eigenvalue weighted by molar-refractivity contribution is 6.31. The maximum Gasteiger partial charge on any atom is 0.248 e. The molecule has 0 saturated heterocycles. The molecule has 0 aromatic heterocycles. The first-order valence-electron chi connectivity index (χ1n) is 6.70. The second-order valence-electron chi connectivity index (χ2n) is 4.69. The Hall–Kier alpha value is -2.37. The zero-order valence-electron chi connectivity index (χ0n) is 11.8. The molecule has 0 aliphatic heterocycles. The van der Waals surface area contributed by atoms with E-state index in [9.17, 15) is 9.59 Å². The quantitative estimate of drug-likeness (QED) is 0.763. The van der Waals surface area contributed by atoms with Crippen LogP contribution in [0.5, 0.6) is 0 Å². The van der Waals surface area contributed by atoms with Gasteiger partial charge in [-0.05, 0) is 29.8 Å². The van der Waals surface area contributed by atoms with E-state index >= 15 is 0 Å². The predicted octanol–water partition coefficient (Wildman–Crippen LogP) is 2.17. The largest absolute Gasteiger partial charge is 0.366 e. The molecule has 2 aromatic carbocycles. The first-order chi connectivity index (χ1) is 10.6. The summed E-state index contributed by atoms with van der Waals surface area (Å²) in [4.78, 5) is 22.9. The summed E-state index contributed by atoms with van der Waals surface area (Å²) in [6, 6.07) is 13.9. The van der Waals surface area contributed by atoms with Crippen molar-refractivity contribution < 1.29 is 9.59 Å². The Kier molecular flexibility index (Phi) is 5.52. The zero-order valence-corrected chi connectivity index (χ0v) is 12.6. The molecule has 0 aliphatic rings. The summed E-state index contributed by atoms with van der Waals surface area (Å²) < 4.78 is 0. The molecule has 2 rings (SSSR count). The van der Waals surface area contributed by atoms with Crippen LogP contribution in [-0.4, -0.2) is 18.4 Å². The van der Waals surface area contributed by atoms with E-state index in [1.165, 1.54) is 6.07 Å². The molecule has 2 amide bonds. The van der Waals surface area contributed by atoms with Gasteiger partial charge in [-0.1, -0.05) is 35.9 Å². The number of rotatable bonds is 6. The van der Waals surface area contributed by atoms with Crippen molar-refractivity contribution in [2.75, 3.05) is 11.9 Å². The van der Waals surface area contributed by atoms with Gasteiger partial charge in [0.25, 0.3) is 0 Å². The number of anilines is 1. The minimum Gasteiger partial charge on any atom is -0.366 e. The first-order valence-corrected chi connectivity index (χ1v) is 7.08. The van der Waals surface area contributed by atoms with Crippen molar-refractivity contribution in [1.82, 2.24) is 5.32 Å². The number of carbonyl (C=O) groups excluding carboxylic acids is 2. The van der Waals surface area contributed by atoms with Crippen LogP contribution < -0.4 is 16.4 Å². The highest BCUT2D eigenvalue weighted by Gasteiger charge is 2.05. The van der Waals surface area contributed by atoms with Gasteiger partial charge in [0, 0.05) is 22.8 Å². The molecule has 0 radical (unpaired) electrons. The van der Waals surface area contributed by atoms with Crippen LogP contribution in [0.25, 0.3) is 0 Å². The lowest BCUT2D eigenvalue weighted by Crippen LogP contribution is -2.27. The summed E-state index contributed by atoms with van der Waals surface area (Å²) in [5.41, 5.74) is 7.00. The van der Waals surface area contributed by atoms with Crippen molar-refractivity contribution in [1.29, 1.82) is 0 Å². The van der Waals surface area contributed by atoms with Gasteiger partial charge in [0.1, 0.15) is 0 Å². The van der Waals surface area contributed by atoms with Gasteiger partial charge in [0.2, 0.25) is 11.8 Å². The Labute approximate surface area is 133 Å². The van der Waals surface area contributed by atoms with Crippen molar-refractivity contribution in [3.05, 3.63) is 64.7 Å². The molecule has 22 heavy (non-hydrogen) atoms. The van der Waals surface area contributed by atoms with Crippen molar-refractivity contribution in [3.63, 3.8) is 0 Å². The summed E-state index contributed by atoms with van der Waals surface area (Å²) in [6.07, 6.45) is 0. The summed E-state index contributed by atoms with van der Waals surface area (Å²) in [5, 5.41) is 6.36. The van der Waals surface area contributed by atoms with E-state index in [0.29, 0.717) is 22.8 Å². The van der Waals surface area contributed by atoms with Crippen LogP contribution in [0.15, 0.2) is 48.5 Å². The number of halogens is 1. The van der Waals surface area contributed by atoms with Gasteiger partial charge in [0.05, 0.1) is 6.54 Å². The minimum atomic E-state index is -0.534. The fourth-order valence-electron chi connectivity index (χ4n) is 1.91. The van der Waals surface area contributed by atoms with Gasteiger partial charge in [0.15, 0.2) is 0 Å². The third-order valence-corrected chi connectivity index (χ3v) is 3.36. The number of hydrogen-bond donors (Lipinski definition) is 3. The maximum atomic E-state index is 11.8. The molecule has 0 heterocycles. The lowest BCUT2D eigenvalue weighted by molar-refractivity contribution is -0.115. The number of amides is 2. The van der Waals surface area contributed by atoms with Crippen LogP contribution in [0.2, 0.25) is 5.02 Å². The van der Waals surface area contributed by atoms with Gasteiger partial charge in [-0.15, -0.1) is 0 Å². The zero-order chi connectivity index (χ0) is 15.9. The van der Waals surface area contributed by atoms with Crippen LogP contribution >= 0.6 is 11.6 Å². The number of nitrogens with one attached hydrogen (secondary N) is 2. The molecular weight excluding hydrogens is 302 g/mol. The first kappa shape index (κ1) is 16.0. The molecule has 0 saturated carbocycles.